The van der Waals surface area contributed by atoms with Crippen LogP contribution in [0.3, 0.4) is 0 Å². The SMILES string of the molecule is Nc1cc(N2CCC(OCCO)CC2)nc(N)n1. The van der Waals surface area contributed by atoms with E-state index >= 15 is 0 Å². The van der Waals surface area contributed by atoms with Gasteiger partial charge in [-0.15, -0.1) is 0 Å². The predicted molar refractivity (Wildman–Crippen MR) is 69.1 cm³/mol. The van der Waals surface area contributed by atoms with Crippen LogP contribution in [-0.2, 0) is 4.74 Å². The number of aliphatic hydroxyl groups excluding tert-OH is 1. The van der Waals surface area contributed by atoms with Gasteiger partial charge >= 0.3 is 0 Å². The fourth-order valence-corrected chi connectivity index (χ4v) is 2.10. The molecule has 0 saturated carbocycles. The number of aliphatic hydroxyl groups is 1. The van der Waals surface area contributed by atoms with Crippen LogP contribution in [-0.4, -0.2) is 47.5 Å². The Balaban J connectivity index is 1.92. The Labute approximate surface area is 106 Å². The average Bonchev–Trinajstić information content (AvgIpc) is 2.36. The zero-order valence-electron chi connectivity index (χ0n) is 10.2. The van der Waals surface area contributed by atoms with Crippen molar-refractivity contribution in [1.82, 2.24) is 9.97 Å². The van der Waals surface area contributed by atoms with E-state index in [4.69, 9.17) is 21.3 Å². The molecule has 1 aromatic heterocycles. The number of rotatable bonds is 4. The average molecular weight is 253 g/mol. The number of anilines is 3. The lowest BCUT2D eigenvalue weighted by molar-refractivity contribution is 0.0158. The highest BCUT2D eigenvalue weighted by Crippen LogP contribution is 2.21. The highest BCUT2D eigenvalue weighted by Gasteiger charge is 2.21. The summed E-state index contributed by atoms with van der Waals surface area (Å²) in [4.78, 5) is 10.1. The summed E-state index contributed by atoms with van der Waals surface area (Å²) in [7, 11) is 0. The van der Waals surface area contributed by atoms with Gasteiger partial charge in [-0.25, -0.2) is 0 Å². The smallest absolute Gasteiger partial charge is 0.223 e. The second-order valence-corrected chi connectivity index (χ2v) is 4.29. The van der Waals surface area contributed by atoms with Crippen LogP contribution in [0.2, 0.25) is 0 Å². The molecular formula is C11H19N5O2. The minimum absolute atomic E-state index is 0.0686. The van der Waals surface area contributed by atoms with Crippen molar-refractivity contribution in [2.45, 2.75) is 18.9 Å². The second-order valence-electron chi connectivity index (χ2n) is 4.29. The molecule has 0 aromatic carbocycles. The summed E-state index contributed by atoms with van der Waals surface area (Å²) in [6, 6.07) is 1.73. The molecule has 0 aliphatic carbocycles. The van der Waals surface area contributed by atoms with E-state index in [1.54, 1.807) is 6.07 Å². The van der Waals surface area contributed by atoms with Gasteiger partial charge in [0.05, 0.1) is 19.3 Å². The van der Waals surface area contributed by atoms with Crippen LogP contribution in [0, 0.1) is 0 Å². The minimum Gasteiger partial charge on any atom is -0.394 e. The van der Waals surface area contributed by atoms with Crippen LogP contribution < -0.4 is 16.4 Å². The number of piperidine rings is 1. The maximum atomic E-state index is 8.71. The molecule has 0 spiro atoms. The maximum absolute atomic E-state index is 8.71. The number of hydrogen-bond acceptors (Lipinski definition) is 7. The number of nitrogen functional groups attached to an aromatic ring is 2. The number of hydrogen-bond donors (Lipinski definition) is 3. The van der Waals surface area contributed by atoms with Crippen LogP contribution in [0.25, 0.3) is 0 Å². The van der Waals surface area contributed by atoms with Gasteiger partial charge in [0.25, 0.3) is 0 Å². The van der Waals surface area contributed by atoms with Crippen molar-refractivity contribution in [3.63, 3.8) is 0 Å². The molecule has 1 fully saturated rings. The van der Waals surface area contributed by atoms with Crippen molar-refractivity contribution in [2.75, 3.05) is 42.7 Å². The molecule has 7 heteroatoms. The topological polar surface area (TPSA) is 111 Å². The summed E-state index contributed by atoms with van der Waals surface area (Å²) in [5.74, 6) is 1.35. The van der Waals surface area contributed by atoms with Gasteiger partial charge in [0.2, 0.25) is 5.95 Å². The predicted octanol–water partition coefficient (Wildman–Crippen LogP) is -0.381. The molecule has 1 aliphatic rings. The maximum Gasteiger partial charge on any atom is 0.223 e. The summed E-state index contributed by atoms with van der Waals surface area (Å²) in [6.45, 7) is 2.15. The van der Waals surface area contributed by atoms with E-state index < -0.39 is 0 Å². The highest BCUT2D eigenvalue weighted by molar-refractivity contribution is 5.50. The molecule has 1 aromatic rings. The van der Waals surface area contributed by atoms with Crippen LogP contribution in [0.15, 0.2) is 6.07 Å². The molecule has 0 unspecified atom stereocenters. The Morgan fingerprint density at radius 2 is 2.06 bits per heavy atom. The first-order valence-electron chi connectivity index (χ1n) is 6.06. The van der Waals surface area contributed by atoms with Gasteiger partial charge in [-0.05, 0) is 12.8 Å². The summed E-state index contributed by atoms with van der Waals surface area (Å²) < 4.78 is 5.50. The molecule has 0 amide bonds. The standard InChI is InChI=1S/C11H19N5O2/c12-9-7-10(15-11(13)14-9)16-3-1-8(2-4-16)18-6-5-17/h7-8,17H,1-6H2,(H4,12,13,14,15). The fourth-order valence-electron chi connectivity index (χ4n) is 2.10. The molecular weight excluding hydrogens is 234 g/mol. The summed E-state index contributed by atoms with van der Waals surface area (Å²) >= 11 is 0. The third kappa shape index (κ3) is 3.21. The van der Waals surface area contributed by atoms with E-state index in [9.17, 15) is 0 Å². The Hall–Kier alpha value is -1.60. The molecule has 100 valence electrons. The Morgan fingerprint density at radius 1 is 1.33 bits per heavy atom. The molecule has 2 heterocycles. The number of ether oxygens (including phenoxy) is 1. The quantitative estimate of drug-likeness (QED) is 0.670. The molecule has 0 atom stereocenters. The molecule has 0 bridgehead atoms. The molecule has 5 N–H and O–H groups in total. The fraction of sp³-hybridized carbons (Fsp3) is 0.636. The Kier molecular flexibility index (Phi) is 4.16. The van der Waals surface area contributed by atoms with Gasteiger partial charge in [-0.3, -0.25) is 0 Å². The molecule has 1 saturated heterocycles. The lowest BCUT2D eigenvalue weighted by Gasteiger charge is -2.32. The first-order chi connectivity index (χ1) is 8.69. The van der Waals surface area contributed by atoms with E-state index in [0.29, 0.717) is 12.4 Å². The first-order valence-corrected chi connectivity index (χ1v) is 6.06. The van der Waals surface area contributed by atoms with Crippen LogP contribution >= 0.6 is 0 Å². The number of aromatic nitrogens is 2. The monoisotopic (exact) mass is 253 g/mol. The zero-order chi connectivity index (χ0) is 13.0. The van der Waals surface area contributed by atoms with Crippen LogP contribution in [0.4, 0.5) is 17.6 Å². The van der Waals surface area contributed by atoms with E-state index in [2.05, 4.69) is 14.9 Å². The molecule has 0 radical (unpaired) electrons. The van der Waals surface area contributed by atoms with Crippen molar-refractivity contribution in [3.8, 4) is 0 Å². The normalized spacial score (nSPS) is 17.1. The Bertz CT molecular complexity index is 373. The highest BCUT2D eigenvalue weighted by atomic mass is 16.5. The Morgan fingerprint density at radius 3 is 2.67 bits per heavy atom. The van der Waals surface area contributed by atoms with Gasteiger partial charge in [0.15, 0.2) is 0 Å². The number of nitrogens with two attached hydrogens (primary N) is 2. The van der Waals surface area contributed by atoms with Crippen LogP contribution in [0.1, 0.15) is 12.8 Å². The van der Waals surface area contributed by atoms with Crippen molar-refractivity contribution in [3.05, 3.63) is 6.07 Å². The van der Waals surface area contributed by atoms with Gasteiger partial charge in [-0.1, -0.05) is 0 Å². The van der Waals surface area contributed by atoms with Crippen molar-refractivity contribution in [2.24, 2.45) is 0 Å². The third-order valence-corrected chi connectivity index (χ3v) is 2.96. The molecule has 1 aliphatic heterocycles. The van der Waals surface area contributed by atoms with Gasteiger partial charge in [-0.2, -0.15) is 9.97 Å². The first kappa shape index (κ1) is 12.8. The summed E-state index contributed by atoms with van der Waals surface area (Å²) in [5, 5.41) is 8.71. The lowest BCUT2D eigenvalue weighted by Crippen LogP contribution is -2.38. The van der Waals surface area contributed by atoms with E-state index in [1.807, 2.05) is 0 Å². The van der Waals surface area contributed by atoms with E-state index in [-0.39, 0.29) is 18.7 Å². The summed E-state index contributed by atoms with van der Waals surface area (Å²) in [5.41, 5.74) is 11.2. The zero-order valence-corrected chi connectivity index (χ0v) is 10.2. The molecule has 18 heavy (non-hydrogen) atoms. The van der Waals surface area contributed by atoms with Crippen molar-refractivity contribution in [1.29, 1.82) is 0 Å². The summed E-state index contributed by atoms with van der Waals surface area (Å²) in [6.07, 6.45) is 2.03. The minimum atomic E-state index is 0.0686. The lowest BCUT2D eigenvalue weighted by atomic mass is 10.1. The van der Waals surface area contributed by atoms with Gasteiger partial charge in [0.1, 0.15) is 11.6 Å². The molecule has 2 rings (SSSR count). The van der Waals surface area contributed by atoms with Gasteiger partial charge in [0, 0.05) is 19.2 Å². The van der Waals surface area contributed by atoms with Gasteiger partial charge < -0.3 is 26.2 Å². The second kappa shape index (κ2) is 5.83. The van der Waals surface area contributed by atoms with E-state index in [1.165, 1.54) is 0 Å². The van der Waals surface area contributed by atoms with Crippen molar-refractivity contribution < 1.29 is 9.84 Å². The van der Waals surface area contributed by atoms with Crippen molar-refractivity contribution >= 4 is 17.6 Å². The molecule has 7 nitrogen and oxygen atoms in total. The van der Waals surface area contributed by atoms with Crippen LogP contribution in [0.5, 0.6) is 0 Å². The van der Waals surface area contributed by atoms with E-state index in [0.717, 1.165) is 31.7 Å². The third-order valence-electron chi connectivity index (χ3n) is 2.96. The number of nitrogens with zero attached hydrogens (tertiary/aromatic N) is 3. The largest absolute Gasteiger partial charge is 0.394 e.